The van der Waals surface area contributed by atoms with E-state index in [1.165, 1.54) is 0 Å². The lowest BCUT2D eigenvalue weighted by molar-refractivity contribution is -0.150. The molecule has 0 fully saturated rings. The van der Waals surface area contributed by atoms with E-state index in [4.69, 9.17) is 0 Å². The van der Waals surface area contributed by atoms with Crippen LogP contribution in [0.2, 0.25) is 0 Å². The number of benzene rings is 1. The molecule has 0 radical (unpaired) electrons. The Kier molecular flexibility index (Phi) is 4.27. The van der Waals surface area contributed by atoms with Gasteiger partial charge in [0.25, 0.3) is 5.91 Å². The average Bonchev–Trinajstić information content (AvgIpc) is 2.26. The molecule has 4 nitrogen and oxygen atoms in total. The molecule has 0 aliphatic carbocycles. The first-order valence-electron chi connectivity index (χ1n) is 6.61. The van der Waals surface area contributed by atoms with Crippen LogP contribution < -0.4 is 5.32 Å². The molecule has 0 spiro atoms. The molecule has 1 aromatic carbocycles. The second-order valence-corrected chi connectivity index (χ2v) is 6.39. The van der Waals surface area contributed by atoms with Gasteiger partial charge < -0.3 is 10.4 Å². The van der Waals surface area contributed by atoms with Gasteiger partial charge in [0.15, 0.2) is 0 Å². The number of rotatable bonds is 4. The van der Waals surface area contributed by atoms with Crippen molar-refractivity contribution in [2.24, 2.45) is 5.41 Å². The van der Waals surface area contributed by atoms with E-state index in [0.717, 1.165) is 11.1 Å². The molecular weight excluding hydrogens is 254 g/mol. The van der Waals surface area contributed by atoms with Gasteiger partial charge in [-0.15, -0.1) is 0 Å². The third-order valence-corrected chi connectivity index (χ3v) is 4.01. The lowest BCUT2D eigenvalue weighted by Gasteiger charge is -2.38. The van der Waals surface area contributed by atoms with Gasteiger partial charge >= 0.3 is 5.97 Å². The predicted octanol–water partition coefficient (Wildman–Crippen LogP) is 2.92. The topological polar surface area (TPSA) is 66.4 Å². The summed E-state index contributed by atoms with van der Waals surface area (Å²) >= 11 is 0. The van der Waals surface area contributed by atoms with Crippen LogP contribution in [0.3, 0.4) is 0 Å². The number of hydrogen-bond donors (Lipinski definition) is 2. The predicted molar refractivity (Wildman–Crippen MR) is 78.9 cm³/mol. The molecule has 4 heteroatoms. The van der Waals surface area contributed by atoms with Crippen molar-refractivity contribution >= 4 is 11.9 Å². The van der Waals surface area contributed by atoms with Crippen LogP contribution in [0.25, 0.3) is 0 Å². The summed E-state index contributed by atoms with van der Waals surface area (Å²) in [5.74, 6) is -1.20. The maximum absolute atomic E-state index is 12.3. The summed E-state index contributed by atoms with van der Waals surface area (Å²) in [4.78, 5) is 23.7. The Balaban J connectivity index is 3.03. The van der Waals surface area contributed by atoms with E-state index in [1.807, 2.05) is 19.9 Å². The first-order valence-corrected chi connectivity index (χ1v) is 6.61. The highest BCUT2D eigenvalue weighted by molar-refractivity contribution is 5.95. The summed E-state index contributed by atoms with van der Waals surface area (Å²) in [7, 11) is 0. The van der Waals surface area contributed by atoms with E-state index < -0.39 is 16.9 Å². The van der Waals surface area contributed by atoms with Crippen LogP contribution in [0.1, 0.15) is 49.2 Å². The average molecular weight is 277 g/mol. The van der Waals surface area contributed by atoms with E-state index in [-0.39, 0.29) is 5.91 Å². The number of aryl methyl sites for hydroxylation is 2. The van der Waals surface area contributed by atoms with Gasteiger partial charge in [0.1, 0.15) is 0 Å². The standard InChI is InChI=1S/C16H23NO3/c1-10-7-11(2)9-12(8-10)13(18)17-16(5,6)15(3,4)14(19)20/h7-9H,1-6H3,(H,17,18)(H,19,20). The number of carbonyl (C=O) groups is 2. The van der Waals surface area contributed by atoms with Gasteiger partial charge in [0.05, 0.1) is 11.0 Å². The molecule has 2 N–H and O–H groups in total. The molecular formula is C16H23NO3. The monoisotopic (exact) mass is 277 g/mol. The molecule has 0 saturated heterocycles. The Hall–Kier alpha value is -1.84. The maximum atomic E-state index is 12.3. The van der Waals surface area contributed by atoms with Gasteiger partial charge in [0, 0.05) is 5.56 Å². The zero-order valence-electron chi connectivity index (χ0n) is 13.0. The Bertz CT molecular complexity index is 524. The Morgan fingerprint density at radius 2 is 1.45 bits per heavy atom. The molecule has 0 bridgehead atoms. The number of nitrogens with one attached hydrogen (secondary N) is 1. The zero-order chi connectivity index (χ0) is 15.7. The van der Waals surface area contributed by atoms with Gasteiger partial charge in [-0.1, -0.05) is 17.2 Å². The minimum absolute atomic E-state index is 0.254. The highest BCUT2D eigenvalue weighted by atomic mass is 16.4. The highest BCUT2D eigenvalue weighted by Gasteiger charge is 2.44. The fourth-order valence-electron chi connectivity index (χ4n) is 1.89. The molecule has 0 unspecified atom stereocenters. The zero-order valence-corrected chi connectivity index (χ0v) is 13.0. The molecule has 0 aliphatic rings. The summed E-state index contributed by atoms with van der Waals surface area (Å²) in [6.07, 6.45) is 0. The Morgan fingerprint density at radius 3 is 1.85 bits per heavy atom. The Labute approximate surface area is 120 Å². The second-order valence-electron chi connectivity index (χ2n) is 6.39. The van der Waals surface area contributed by atoms with Crippen LogP contribution in [0.5, 0.6) is 0 Å². The van der Waals surface area contributed by atoms with Gasteiger partial charge in [-0.25, -0.2) is 0 Å². The molecule has 0 heterocycles. The number of amides is 1. The molecule has 0 aliphatic heterocycles. The van der Waals surface area contributed by atoms with E-state index >= 15 is 0 Å². The number of hydrogen-bond acceptors (Lipinski definition) is 2. The normalized spacial score (nSPS) is 12.1. The van der Waals surface area contributed by atoms with E-state index in [1.54, 1.807) is 39.8 Å². The first-order chi connectivity index (χ1) is 8.97. The van der Waals surface area contributed by atoms with E-state index in [0.29, 0.717) is 5.56 Å². The summed E-state index contributed by atoms with van der Waals surface area (Å²) < 4.78 is 0. The molecule has 0 saturated carbocycles. The molecule has 110 valence electrons. The number of carbonyl (C=O) groups excluding carboxylic acids is 1. The molecule has 1 amide bonds. The van der Waals surface area contributed by atoms with Crippen molar-refractivity contribution in [2.45, 2.75) is 47.1 Å². The summed E-state index contributed by atoms with van der Waals surface area (Å²) in [5.41, 5.74) is 0.627. The quantitative estimate of drug-likeness (QED) is 0.889. The fourth-order valence-corrected chi connectivity index (χ4v) is 1.89. The lowest BCUT2D eigenvalue weighted by Crippen LogP contribution is -2.56. The van der Waals surface area contributed by atoms with Crippen molar-refractivity contribution in [1.82, 2.24) is 5.32 Å². The van der Waals surface area contributed by atoms with Crippen molar-refractivity contribution in [2.75, 3.05) is 0 Å². The van der Waals surface area contributed by atoms with Crippen molar-refractivity contribution in [1.29, 1.82) is 0 Å². The van der Waals surface area contributed by atoms with Crippen LogP contribution in [0.4, 0.5) is 0 Å². The van der Waals surface area contributed by atoms with Crippen LogP contribution in [0.15, 0.2) is 18.2 Å². The SMILES string of the molecule is Cc1cc(C)cc(C(=O)NC(C)(C)C(C)(C)C(=O)O)c1. The third-order valence-electron chi connectivity index (χ3n) is 4.01. The van der Waals surface area contributed by atoms with Crippen molar-refractivity contribution in [3.8, 4) is 0 Å². The van der Waals surface area contributed by atoms with Crippen LogP contribution in [-0.4, -0.2) is 22.5 Å². The molecule has 1 rings (SSSR count). The summed E-state index contributed by atoms with van der Waals surface area (Å²) in [6, 6.07) is 5.58. The molecule has 0 aromatic heterocycles. The summed E-state index contributed by atoms with van der Waals surface area (Å²) in [5, 5.41) is 12.1. The van der Waals surface area contributed by atoms with Crippen molar-refractivity contribution in [3.05, 3.63) is 34.9 Å². The fraction of sp³-hybridized carbons (Fsp3) is 0.500. The van der Waals surface area contributed by atoms with Crippen LogP contribution >= 0.6 is 0 Å². The minimum Gasteiger partial charge on any atom is -0.481 e. The number of carboxylic acids is 1. The number of carboxylic acid groups (broad SMARTS) is 1. The summed E-state index contributed by atoms with van der Waals surface area (Å²) in [6.45, 7) is 10.5. The molecule has 1 aromatic rings. The Morgan fingerprint density at radius 1 is 1.00 bits per heavy atom. The second kappa shape index (κ2) is 5.27. The third kappa shape index (κ3) is 3.18. The minimum atomic E-state index is -1.07. The smallest absolute Gasteiger partial charge is 0.311 e. The first kappa shape index (κ1) is 16.2. The van der Waals surface area contributed by atoms with Crippen molar-refractivity contribution < 1.29 is 14.7 Å². The number of aliphatic carboxylic acids is 1. The van der Waals surface area contributed by atoms with Crippen LogP contribution in [0, 0.1) is 19.3 Å². The van der Waals surface area contributed by atoms with Gasteiger partial charge in [-0.2, -0.15) is 0 Å². The van der Waals surface area contributed by atoms with E-state index in [9.17, 15) is 14.7 Å². The van der Waals surface area contributed by atoms with Gasteiger partial charge in [-0.05, 0) is 53.7 Å². The highest BCUT2D eigenvalue weighted by Crippen LogP contribution is 2.31. The van der Waals surface area contributed by atoms with E-state index in [2.05, 4.69) is 5.32 Å². The molecule has 0 atom stereocenters. The molecule has 20 heavy (non-hydrogen) atoms. The van der Waals surface area contributed by atoms with Gasteiger partial charge in [0.2, 0.25) is 0 Å². The van der Waals surface area contributed by atoms with Gasteiger partial charge in [-0.3, -0.25) is 9.59 Å². The van der Waals surface area contributed by atoms with Crippen molar-refractivity contribution in [3.63, 3.8) is 0 Å². The maximum Gasteiger partial charge on any atom is 0.311 e. The largest absolute Gasteiger partial charge is 0.481 e. The lowest BCUT2D eigenvalue weighted by atomic mass is 9.74. The van der Waals surface area contributed by atoms with Crippen LogP contribution in [-0.2, 0) is 4.79 Å².